The number of ether oxygens (including phenoxy) is 3. The zero-order valence-corrected chi connectivity index (χ0v) is 16.3. The van der Waals surface area contributed by atoms with Crippen LogP contribution in [0.2, 0.25) is 5.02 Å². The molecule has 0 bridgehead atoms. The van der Waals surface area contributed by atoms with E-state index < -0.39 is 18.5 Å². The molecule has 0 radical (unpaired) electrons. The third-order valence-electron chi connectivity index (χ3n) is 3.51. The van der Waals surface area contributed by atoms with Crippen LogP contribution in [0.1, 0.15) is 29.8 Å². The van der Waals surface area contributed by atoms with E-state index in [1.165, 1.54) is 6.07 Å². The molecule has 0 saturated carbocycles. The third-order valence-corrected chi connectivity index (χ3v) is 3.82. The first kappa shape index (κ1) is 20.6. The zero-order valence-electron chi connectivity index (χ0n) is 15.5. The first-order valence-corrected chi connectivity index (χ1v) is 8.95. The summed E-state index contributed by atoms with van der Waals surface area (Å²) in [5, 5.41) is 3.03. The molecule has 1 N–H and O–H groups in total. The first-order valence-electron chi connectivity index (χ1n) is 8.57. The average molecular weight is 392 g/mol. The molecule has 7 heteroatoms. The van der Waals surface area contributed by atoms with Crippen LogP contribution in [0.25, 0.3) is 0 Å². The van der Waals surface area contributed by atoms with E-state index in [-0.39, 0.29) is 5.56 Å². The number of anilines is 1. The molecule has 0 aliphatic heterocycles. The molecule has 0 atom stereocenters. The summed E-state index contributed by atoms with van der Waals surface area (Å²) in [4.78, 5) is 24.2. The number of nitrogens with one attached hydrogen (secondary N) is 1. The summed E-state index contributed by atoms with van der Waals surface area (Å²) < 4.78 is 16.0. The minimum atomic E-state index is -0.635. The van der Waals surface area contributed by atoms with Crippen molar-refractivity contribution in [1.82, 2.24) is 0 Å². The number of halogens is 1. The summed E-state index contributed by atoms with van der Waals surface area (Å²) in [5.74, 6) is -0.124. The van der Waals surface area contributed by atoms with Gasteiger partial charge in [0.05, 0.1) is 29.5 Å². The average Bonchev–Trinajstić information content (AvgIpc) is 2.64. The van der Waals surface area contributed by atoms with Crippen LogP contribution in [0.5, 0.6) is 11.5 Å². The largest absolute Gasteiger partial charge is 0.490 e. The fourth-order valence-electron chi connectivity index (χ4n) is 2.30. The first-order chi connectivity index (χ1) is 12.9. The number of hydrogen-bond donors (Lipinski definition) is 1. The Bertz CT molecular complexity index is 822. The minimum absolute atomic E-state index is 0.267. The number of esters is 1. The molecule has 1 amide bonds. The van der Waals surface area contributed by atoms with E-state index in [4.69, 9.17) is 25.8 Å². The van der Waals surface area contributed by atoms with Crippen molar-refractivity contribution in [3.05, 3.63) is 52.5 Å². The van der Waals surface area contributed by atoms with Gasteiger partial charge in [-0.2, -0.15) is 0 Å². The lowest BCUT2D eigenvalue weighted by atomic mass is 10.2. The van der Waals surface area contributed by atoms with Crippen LogP contribution >= 0.6 is 11.6 Å². The molecule has 2 rings (SSSR count). The Labute approximate surface area is 163 Å². The van der Waals surface area contributed by atoms with Crippen LogP contribution in [0, 0.1) is 6.92 Å². The highest BCUT2D eigenvalue weighted by Gasteiger charge is 2.15. The number of carbonyl (C=O) groups is 2. The molecule has 2 aromatic carbocycles. The Morgan fingerprint density at radius 2 is 1.70 bits per heavy atom. The molecular formula is C20H22ClNO5. The predicted octanol–water partition coefficient (Wildman–Crippen LogP) is 4.24. The molecule has 0 heterocycles. The number of hydrogen-bond acceptors (Lipinski definition) is 5. The predicted molar refractivity (Wildman–Crippen MR) is 104 cm³/mol. The summed E-state index contributed by atoms with van der Waals surface area (Å²) in [5.41, 5.74) is 1.70. The van der Waals surface area contributed by atoms with E-state index in [9.17, 15) is 9.59 Å². The van der Waals surface area contributed by atoms with Gasteiger partial charge in [-0.15, -0.1) is 0 Å². The number of rotatable bonds is 8. The fraction of sp³-hybridized carbons (Fsp3) is 0.300. The summed E-state index contributed by atoms with van der Waals surface area (Å²) in [6.45, 7) is 6.06. The van der Waals surface area contributed by atoms with Crippen molar-refractivity contribution in [3.63, 3.8) is 0 Å². The van der Waals surface area contributed by atoms with Crippen molar-refractivity contribution in [1.29, 1.82) is 0 Å². The summed E-state index contributed by atoms with van der Waals surface area (Å²) >= 11 is 6.07. The van der Waals surface area contributed by atoms with E-state index in [0.29, 0.717) is 35.4 Å². The van der Waals surface area contributed by atoms with Crippen LogP contribution < -0.4 is 14.8 Å². The normalized spacial score (nSPS) is 10.2. The van der Waals surface area contributed by atoms with Gasteiger partial charge in [0.1, 0.15) is 0 Å². The topological polar surface area (TPSA) is 73.9 Å². The lowest BCUT2D eigenvalue weighted by Gasteiger charge is -2.12. The molecule has 6 nitrogen and oxygen atoms in total. The molecule has 144 valence electrons. The number of aryl methyl sites for hydroxylation is 1. The van der Waals surface area contributed by atoms with E-state index in [1.54, 1.807) is 24.3 Å². The number of carbonyl (C=O) groups excluding carboxylic acids is 2. The van der Waals surface area contributed by atoms with Crippen LogP contribution in [0.15, 0.2) is 36.4 Å². The van der Waals surface area contributed by atoms with Crippen LogP contribution in [0.4, 0.5) is 5.69 Å². The molecule has 0 fully saturated rings. The summed E-state index contributed by atoms with van der Waals surface area (Å²) in [6, 6.07) is 9.98. The quantitative estimate of drug-likeness (QED) is 0.681. The Hall–Kier alpha value is -2.73. The van der Waals surface area contributed by atoms with Crippen LogP contribution in [0.3, 0.4) is 0 Å². The summed E-state index contributed by atoms with van der Waals surface area (Å²) in [7, 11) is 0. The van der Waals surface area contributed by atoms with E-state index in [1.807, 2.05) is 26.8 Å². The van der Waals surface area contributed by atoms with Crippen LogP contribution in [-0.4, -0.2) is 31.7 Å². The zero-order chi connectivity index (χ0) is 19.8. The van der Waals surface area contributed by atoms with Gasteiger partial charge >= 0.3 is 5.97 Å². The Kier molecular flexibility index (Phi) is 7.49. The minimum Gasteiger partial charge on any atom is -0.490 e. The second kappa shape index (κ2) is 9.83. The lowest BCUT2D eigenvalue weighted by Crippen LogP contribution is -2.21. The Balaban J connectivity index is 1.98. The van der Waals surface area contributed by atoms with Gasteiger partial charge in [0, 0.05) is 0 Å². The van der Waals surface area contributed by atoms with Gasteiger partial charge in [-0.3, -0.25) is 4.79 Å². The van der Waals surface area contributed by atoms with Crippen molar-refractivity contribution < 1.29 is 23.8 Å². The molecule has 2 aromatic rings. The molecule has 27 heavy (non-hydrogen) atoms. The lowest BCUT2D eigenvalue weighted by molar-refractivity contribution is -0.119. The van der Waals surface area contributed by atoms with Gasteiger partial charge in [-0.1, -0.05) is 17.7 Å². The van der Waals surface area contributed by atoms with Gasteiger partial charge in [-0.05, 0) is 56.7 Å². The Morgan fingerprint density at radius 1 is 1.00 bits per heavy atom. The van der Waals surface area contributed by atoms with E-state index in [0.717, 1.165) is 5.56 Å². The Morgan fingerprint density at radius 3 is 2.37 bits per heavy atom. The highest BCUT2D eigenvalue weighted by molar-refractivity contribution is 6.33. The molecule has 0 saturated heterocycles. The maximum absolute atomic E-state index is 12.2. The summed E-state index contributed by atoms with van der Waals surface area (Å²) in [6.07, 6.45) is 0. The smallest absolute Gasteiger partial charge is 0.338 e. The van der Waals surface area contributed by atoms with Crippen molar-refractivity contribution in [2.75, 3.05) is 25.1 Å². The van der Waals surface area contributed by atoms with Crippen molar-refractivity contribution in [2.24, 2.45) is 0 Å². The van der Waals surface area contributed by atoms with Gasteiger partial charge in [0.2, 0.25) is 0 Å². The molecule has 0 aliphatic carbocycles. The van der Waals surface area contributed by atoms with Crippen molar-refractivity contribution >= 4 is 29.2 Å². The highest BCUT2D eigenvalue weighted by Crippen LogP contribution is 2.29. The number of amides is 1. The van der Waals surface area contributed by atoms with Crippen molar-refractivity contribution in [2.45, 2.75) is 20.8 Å². The molecular weight excluding hydrogens is 370 g/mol. The molecule has 0 unspecified atom stereocenters. The number of benzene rings is 2. The molecule has 0 spiro atoms. The van der Waals surface area contributed by atoms with Gasteiger partial charge in [0.25, 0.3) is 5.91 Å². The monoisotopic (exact) mass is 391 g/mol. The van der Waals surface area contributed by atoms with E-state index >= 15 is 0 Å². The fourth-order valence-corrected chi connectivity index (χ4v) is 2.58. The highest BCUT2D eigenvalue weighted by atomic mass is 35.5. The second-order valence-corrected chi connectivity index (χ2v) is 6.04. The maximum atomic E-state index is 12.2. The van der Waals surface area contributed by atoms with Gasteiger partial charge in [-0.25, -0.2) is 4.79 Å². The van der Waals surface area contributed by atoms with Crippen LogP contribution in [-0.2, 0) is 9.53 Å². The van der Waals surface area contributed by atoms with E-state index in [2.05, 4.69) is 5.32 Å². The molecule has 0 aliphatic rings. The maximum Gasteiger partial charge on any atom is 0.338 e. The SMILES string of the molecule is CCOc1ccc(C(=O)OCC(=O)Nc2ccc(C)cc2Cl)cc1OCC. The third kappa shape index (κ3) is 5.89. The van der Waals surface area contributed by atoms with Gasteiger partial charge < -0.3 is 19.5 Å². The standard InChI is InChI=1S/C20H22ClNO5/c1-4-25-17-9-7-14(11-18(17)26-5-2)20(24)27-12-19(23)22-16-8-6-13(3)10-15(16)21/h6-11H,4-5,12H2,1-3H3,(H,22,23). The molecule has 0 aromatic heterocycles. The van der Waals surface area contributed by atoms with Crippen molar-refractivity contribution in [3.8, 4) is 11.5 Å². The second-order valence-electron chi connectivity index (χ2n) is 5.64. The van der Waals surface area contributed by atoms with Gasteiger partial charge in [0.15, 0.2) is 18.1 Å².